The maximum Gasteiger partial charge on any atom is 0.258 e. The summed E-state index contributed by atoms with van der Waals surface area (Å²) in [6.45, 7) is 6.21. The van der Waals surface area contributed by atoms with E-state index in [-0.39, 0.29) is 11.5 Å². The van der Waals surface area contributed by atoms with Crippen LogP contribution in [0.15, 0.2) is 23.1 Å². The molecule has 0 radical (unpaired) electrons. The number of carbonyl (C=O) groups excluding carboxylic acids is 1. The SMILES string of the molecule is CCN1CCN(C(=O)c2cn(C)c(=O)c3cc(OC)c(OC)cc23)CC1. The molecule has 0 spiro atoms. The van der Waals surface area contributed by atoms with E-state index in [4.69, 9.17) is 9.47 Å². The predicted octanol–water partition coefficient (Wildman–Crippen LogP) is 1.33. The van der Waals surface area contributed by atoms with E-state index in [0.29, 0.717) is 40.9 Å². The van der Waals surface area contributed by atoms with Crippen molar-refractivity contribution in [2.45, 2.75) is 6.92 Å². The van der Waals surface area contributed by atoms with Crippen molar-refractivity contribution >= 4 is 16.7 Å². The molecule has 1 amide bonds. The van der Waals surface area contributed by atoms with Gasteiger partial charge in [0.2, 0.25) is 0 Å². The molecule has 0 atom stereocenters. The molecule has 0 saturated carbocycles. The maximum atomic E-state index is 13.1. The van der Waals surface area contributed by atoms with Gasteiger partial charge in [-0.3, -0.25) is 9.59 Å². The molecule has 0 bridgehead atoms. The standard InChI is InChI=1S/C19H25N3O4/c1-5-21-6-8-22(9-7-21)19(24)15-12-20(2)18(23)14-11-17(26-4)16(25-3)10-13(14)15/h10-12H,5-9H2,1-4H3. The van der Waals surface area contributed by atoms with E-state index in [9.17, 15) is 9.59 Å². The summed E-state index contributed by atoms with van der Waals surface area (Å²) in [5, 5.41) is 1.04. The van der Waals surface area contributed by atoms with Gasteiger partial charge in [0.1, 0.15) is 0 Å². The lowest BCUT2D eigenvalue weighted by molar-refractivity contribution is 0.0644. The summed E-state index contributed by atoms with van der Waals surface area (Å²) in [7, 11) is 4.72. The third-order valence-corrected chi connectivity index (χ3v) is 5.02. The number of carbonyl (C=O) groups is 1. The van der Waals surface area contributed by atoms with E-state index in [0.717, 1.165) is 19.6 Å². The Kier molecular flexibility index (Phi) is 5.18. The van der Waals surface area contributed by atoms with Crippen LogP contribution in [0, 0.1) is 0 Å². The van der Waals surface area contributed by atoms with Crippen LogP contribution < -0.4 is 15.0 Å². The van der Waals surface area contributed by atoms with Crippen LogP contribution in [0.2, 0.25) is 0 Å². The summed E-state index contributed by atoms with van der Waals surface area (Å²) in [5.41, 5.74) is 0.335. The van der Waals surface area contributed by atoms with E-state index >= 15 is 0 Å². The molecule has 7 nitrogen and oxygen atoms in total. The molecule has 140 valence electrons. The van der Waals surface area contributed by atoms with Gasteiger partial charge in [0.15, 0.2) is 11.5 Å². The highest BCUT2D eigenvalue weighted by molar-refractivity contribution is 6.07. The molecule has 0 aliphatic carbocycles. The largest absolute Gasteiger partial charge is 0.493 e. The Morgan fingerprint density at radius 1 is 1.04 bits per heavy atom. The highest BCUT2D eigenvalue weighted by Gasteiger charge is 2.24. The van der Waals surface area contributed by atoms with E-state index in [1.807, 2.05) is 4.90 Å². The van der Waals surface area contributed by atoms with Crippen molar-refractivity contribution in [3.05, 3.63) is 34.2 Å². The van der Waals surface area contributed by atoms with E-state index in [1.165, 1.54) is 18.8 Å². The normalized spacial score (nSPS) is 15.3. The van der Waals surface area contributed by atoms with Crippen LogP contribution in [0.1, 0.15) is 17.3 Å². The minimum absolute atomic E-state index is 0.0615. The molecule has 2 heterocycles. The number of amides is 1. The number of benzene rings is 1. The molecule has 1 aromatic heterocycles. The highest BCUT2D eigenvalue weighted by Crippen LogP contribution is 2.32. The molecule has 26 heavy (non-hydrogen) atoms. The van der Waals surface area contributed by atoms with Gasteiger partial charge in [0.05, 0.1) is 25.2 Å². The molecule has 1 saturated heterocycles. The topological polar surface area (TPSA) is 64.0 Å². The fourth-order valence-electron chi connectivity index (χ4n) is 3.40. The molecule has 7 heteroatoms. The number of fused-ring (bicyclic) bond motifs is 1. The Bertz CT molecular complexity index is 882. The van der Waals surface area contributed by atoms with Crippen LogP contribution in [-0.2, 0) is 7.05 Å². The summed E-state index contributed by atoms with van der Waals surface area (Å²) in [5.74, 6) is 0.907. The Balaban J connectivity index is 2.09. The molecule has 1 aromatic carbocycles. The minimum atomic E-state index is -0.173. The van der Waals surface area contributed by atoms with Crippen molar-refractivity contribution in [2.24, 2.45) is 7.05 Å². The van der Waals surface area contributed by atoms with Gasteiger partial charge in [-0.05, 0) is 18.7 Å². The van der Waals surface area contributed by atoms with Gasteiger partial charge in [-0.1, -0.05) is 6.92 Å². The second kappa shape index (κ2) is 7.37. The van der Waals surface area contributed by atoms with Crippen molar-refractivity contribution in [1.29, 1.82) is 0 Å². The Hall–Kier alpha value is -2.54. The predicted molar refractivity (Wildman–Crippen MR) is 100 cm³/mol. The zero-order valence-electron chi connectivity index (χ0n) is 15.7. The summed E-state index contributed by atoms with van der Waals surface area (Å²) in [4.78, 5) is 29.9. The fourth-order valence-corrected chi connectivity index (χ4v) is 3.40. The zero-order valence-corrected chi connectivity index (χ0v) is 15.7. The van der Waals surface area contributed by atoms with Crippen molar-refractivity contribution in [2.75, 3.05) is 46.9 Å². The number of likely N-dealkylation sites (N-methyl/N-ethyl adjacent to an activating group) is 1. The lowest BCUT2D eigenvalue weighted by Gasteiger charge is -2.34. The highest BCUT2D eigenvalue weighted by atomic mass is 16.5. The molecule has 0 unspecified atom stereocenters. The van der Waals surface area contributed by atoms with Crippen molar-refractivity contribution in [3.8, 4) is 11.5 Å². The number of methoxy groups -OCH3 is 2. The first-order valence-electron chi connectivity index (χ1n) is 8.77. The summed E-state index contributed by atoms with van der Waals surface area (Å²) in [6, 6.07) is 3.35. The van der Waals surface area contributed by atoms with Crippen molar-refractivity contribution < 1.29 is 14.3 Å². The van der Waals surface area contributed by atoms with Crippen LogP contribution in [0.25, 0.3) is 10.8 Å². The van der Waals surface area contributed by atoms with Crippen LogP contribution >= 0.6 is 0 Å². The maximum absolute atomic E-state index is 13.1. The number of piperazine rings is 1. The van der Waals surface area contributed by atoms with Gasteiger partial charge in [-0.25, -0.2) is 0 Å². The van der Waals surface area contributed by atoms with Crippen LogP contribution in [0.3, 0.4) is 0 Å². The van der Waals surface area contributed by atoms with Gasteiger partial charge in [-0.2, -0.15) is 0 Å². The second-order valence-electron chi connectivity index (χ2n) is 6.44. The number of aryl methyl sites for hydroxylation is 1. The number of nitrogens with zero attached hydrogens (tertiary/aromatic N) is 3. The van der Waals surface area contributed by atoms with Gasteiger partial charge >= 0.3 is 0 Å². The number of hydrogen-bond acceptors (Lipinski definition) is 5. The number of pyridine rings is 1. The molecule has 3 rings (SSSR count). The number of rotatable bonds is 4. The van der Waals surface area contributed by atoms with E-state index < -0.39 is 0 Å². The second-order valence-corrected chi connectivity index (χ2v) is 6.44. The average Bonchev–Trinajstić information content (AvgIpc) is 2.69. The molecular weight excluding hydrogens is 334 g/mol. The first-order chi connectivity index (χ1) is 12.5. The van der Waals surface area contributed by atoms with Gasteiger partial charge in [-0.15, -0.1) is 0 Å². The lowest BCUT2D eigenvalue weighted by atomic mass is 10.0. The summed E-state index contributed by atoms with van der Waals surface area (Å²) < 4.78 is 12.1. The molecule has 0 N–H and O–H groups in total. The zero-order chi connectivity index (χ0) is 18.8. The van der Waals surface area contributed by atoms with Crippen LogP contribution in [-0.4, -0.2) is 67.2 Å². The number of ether oxygens (including phenoxy) is 2. The fraction of sp³-hybridized carbons (Fsp3) is 0.474. The monoisotopic (exact) mass is 359 g/mol. The molecule has 2 aromatic rings. The van der Waals surface area contributed by atoms with Crippen molar-refractivity contribution in [1.82, 2.24) is 14.4 Å². The summed E-state index contributed by atoms with van der Waals surface area (Å²) >= 11 is 0. The molecule has 1 aliphatic heterocycles. The average molecular weight is 359 g/mol. The number of hydrogen-bond donors (Lipinski definition) is 0. The van der Waals surface area contributed by atoms with Gasteiger partial charge in [0.25, 0.3) is 11.5 Å². The Morgan fingerprint density at radius 2 is 1.62 bits per heavy atom. The number of aromatic nitrogens is 1. The first kappa shape index (κ1) is 18.3. The third-order valence-electron chi connectivity index (χ3n) is 5.02. The molecular formula is C19H25N3O4. The smallest absolute Gasteiger partial charge is 0.258 e. The Labute approximate surface area is 152 Å². The van der Waals surface area contributed by atoms with Crippen LogP contribution in [0.5, 0.6) is 11.5 Å². The van der Waals surface area contributed by atoms with Gasteiger partial charge < -0.3 is 23.8 Å². The van der Waals surface area contributed by atoms with E-state index in [1.54, 1.807) is 25.4 Å². The van der Waals surface area contributed by atoms with Gasteiger partial charge in [0, 0.05) is 44.8 Å². The van der Waals surface area contributed by atoms with E-state index in [2.05, 4.69) is 11.8 Å². The Morgan fingerprint density at radius 3 is 2.15 bits per heavy atom. The summed E-state index contributed by atoms with van der Waals surface area (Å²) in [6.07, 6.45) is 1.62. The minimum Gasteiger partial charge on any atom is -0.493 e. The molecule has 1 aliphatic rings. The van der Waals surface area contributed by atoms with Crippen LogP contribution in [0.4, 0.5) is 0 Å². The molecule has 1 fully saturated rings. The third kappa shape index (κ3) is 3.14. The first-order valence-corrected chi connectivity index (χ1v) is 8.77. The quantitative estimate of drug-likeness (QED) is 0.824. The van der Waals surface area contributed by atoms with Crippen molar-refractivity contribution in [3.63, 3.8) is 0 Å². The lowest BCUT2D eigenvalue weighted by Crippen LogP contribution is -2.48.